The Morgan fingerprint density at radius 3 is 2.36 bits per heavy atom. The summed E-state index contributed by atoms with van der Waals surface area (Å²) < 4.78 is 29.5. The van der Waals surface area contributed by atoms with Crippen LogP contribution in [0.25, 0.3) is 38.8 Å². The lowest BCUT2D eigenvalue weighted by Crippen LogP contribution is -2.48. The van der Waals surface area contributed by atoms with Crippen LogP contribution >= 0.6 is 11.6 Å². The third-order valence-corrected chi connectivity index (χ3v) is 9.64. The lowest BCUT2D eigenvalue weighted by atomic mass is 10.0. The first-order valence-electron chi connectivity index (χ1n) is 13.6. The average Bonchev–Trinajstić information content (AvgIpc) is 3.23. The Hall–Kier alpha value is -3.99. The predicted octanol–water partition coefficient (Wildman–Crippen LogP) is 4.91. The van der Waals surface area contributed by atoms with E-state index in [1.165, 1.54) is 10.6 Å². The van der Waals surface area contributed by atoms with Crippen molar-refractivity contribution in [3.8, 4) is 16.8 Å². The average molecular weight is 602 g/mol. The monoisotopic (exact) mass is 601 g/mol. The molecule has 0 spiro atoms. The minimum atomic E-state index is -3.23. The van der Waals surface area contributed by atoms with Gasteiger partial charge in [0.1, 0.15) is 0 Å². The maximum Gasteiger partial charge on any atom is 0.211 e. The van der Waals surface area contributed by atoms with E-state index in [-0.39, 0.29) is 0 Å². The number of fused-ring (bicyclic) bond motifs is 3. The van der Waals surface area contributed by atoms with Crippen LogP contribution < -0.4 is 10.5 Å². The number of anilines is 1. The van der Waals surface area contributed by atoms with E-state index < -0.39 is 10.0 Å². The van der Waals surface area contributed by atoms with E-state index in [0.29, 0.717) is 43.4 Å². The first-order chi connectivity index (χ1) is 20.1. The highest BCUT2D eigenvalue weighted by Crippen LogP contribution is 2.33. The van der Waals surface area contributed by atoms with Crippen LogP contribution in [-0.2, 0) is 23.6 Å². The summed E-state index contributed by atoms with van der Waals surface area (Å²) in [5.74, 6) is 0. The molecule has 1 saturated heterocycles. The van der Waals surface area contributed by atoms with Gasteiger partial charge in [-0.05, 0) is 72.3 Å². The van der Waals surface area contributed by atoms with Crippen molar-refractivity contribution < 1.29 is 8.42 Å². The molecule has 0 bridgehead atoms. The maximum atomic E-state index is 12.1. The number of benzene rings is 3. The van der Waals surface area contributed by atoms with Crippen LogP contribution in [-0.4, -0.2) is 66.0 Å². The molecule has 42 heavy (non-hydrogen) atoms. The molecule has 9 nitrogen and oxygen atoms in total. The summed E-state index contributed by atoms with van der Waals surface area (Å²) in [6.45, 7) is 8.24. The third kappa shape index (κ3) is 4.89. The fraction of sp³-hybridized carbons (Fsp3) is 0.258. The standard InChI is InChI=1S/C31H32ClN7O2S/c1-20-15-28(37-11-13-38(14-12-37)42(4,40)41)23(18-34-2)17-27(20)39-30-25-16-22(21-5-8-24(32)9-6-21)7-10-26(25)35-19-29(30)36(3)31(39)33/h5-10,15-17,19,33H,2,11-14,18H2,1,3-4H3. The number of aromatic nitrogens is 3. The molecule has 2 aromatic heterocycles. The number of hydrogen-bond donors (Lipinski definition) is 1. The molecule has 0 radical (unpaired) electrons. The number of halogens is 1. The molecule has 1 fully saturated rings. The molecule has 5 aromatic rings. The van der Waals surface area contributed by atoms with Crippen molar-refractivity contribution in [3.63, 3.8) is 0 Å². The first-order valence-corrected chi connectivity index (χ1v) is 15.9. The number of sulfonamides is 1. The second-order valence-corrected chi connectivity index (χ2v) is 13.2. The zero-order valence-electron chi connectivity index (χ0n) is 23.8. The van der Waals surface area contributed by atoms with Crippen LogP contribution in [0.3, 0.4) is 0 Å². The van der Waals surface area contributed by atoms with Crippen molar-refractivity contribution in [2.45, 2.75) is 13.5 Å². The summed E-state index contributed by atoms with van der Waals surface area (Å²) in [5.41, 5.74) is 8.86. The van der Waals surface area contributed by atoms with Crippen LogP contribution in [0.4, 0.5) is 5.69 Å². The van der Waals surface area contributed by atoms with Gasteiger partial charge in [0, 0.05) is 49.3 Å². The number of piperazine rings is 1. The number of nitrogens with one attached hydrogen (secondary N) is 1. The Morgan fingerprint density at radius 2 is 1.69 bits per heavy atom. The number of aryl methyl sites for hydroxylation is 2. The van der Waals surface area contributed by atoms with Gasteiger partial charge in [-0.1, -0.05) is 29.8 Å². The summed E-state index contributed by atoms with van der Waals surface area (Å²) in [7, 11) is -1.34. The molecular formula is C31H32ClN7O2S. The van der Waals surface area contributed by atoms with Gasteiger partial charge in [-0.2, -0.15) is 4.31 Å². The number of pyridine rings is 1. The van der Waals surface area contributed by atoms with Crippen LogP contribution in [0.2, 0.25) is 5.02 Å². The van der Waals surface area contributed by atoms with Gasteiger partial charge in [0.25, 0.3) is 0 Å². The molecule has 216 valence electrons. The summed E-state index contributed by atoms with van der Waals surface area (Å²) >= 11 is 6.14. The lowest BCUT2D eigenvalue weighted by Gasteiger charge is -2.36. The maximum absolute atomic E-state index is 12.1. The fourth-order valence-electron chi connectivity index (χ4n) is 5.84. The second kappa shape index (κ2) is 10.7. The SMILES string of the molecule is C=NCc1cc(-n2c(=N)n(C)c3cnc4ccc(-c5ccc(Cl)cc5)cc4c32)c(C)cc1N1CCN(S(C)(=O)=O)CC1. The molecule has 1 aliphatic heterocycles. The first kappa shape index (κ1) is 28.1. The molecular weight excluding hydrogens is 570 g/mol. The number of imidazole rings is 1. The van der Waals surface area contributed by atoms with E-state index >= 15 is 0 Å². The number of aliphatic imine (C=N–C) groups is 1. The predicted molar refractivity (Wildman–Crippen MR) is 170 cm³/mol. The molecule has 0 saturated carbocycles. The number of rotatable bonds is 6. The molecule has 0 unspecified atom stereocenters. The normalized spacial score (nSPS) is 14.6. The molecule has 1 N–H and O–H groups in total. The minimum Gasteiger partial charge on any atom is -0.369 e. The highest BCUT2D eigenvalue weighted by Gasteiger charge is 2.26. The summed E-state index contributed by atoms with van der Waals surface area (Å²) in [6, 6.07) is 18.2. The Balaban J connectivity index is 1.52. The summed E-state index contributed by atoms with van der Waals surface area (Å²) in [4.78, 5) is 11.1. The Bertz CT molecular complexity index is 2020. The van der Waals surface area contributed by atoms with Crippen molar-refractivity contribution in [2.24, 2.45) is 12.0 Å². The van der Waals surface area contributed by atoms with Gasteiger partial charge in [-0.15, -0.1) is 0 Å². The molecule has 3 aromatic carbocycles. The van der Waals surface area contributed by atoms with Crippen LogP contribution in [0.5, 0.6) is 0 Å². The van der Waals surface area contributed by atoms with Crippen LogP contribution in [0.1, 0.15) is 11.1 Å². The zero-order chi connectivity index (χ0) is 29.8. The van der Waals surface area contributed by atoms with E-state index in [4.69, 9.17) is 22.0 Å². The molecule has 1 aliphatic rings. The van der Waals surface area contributed by atoms with Gasteiger partial charge in [0.2, 0.25) is 15.6 Å². The van der Waals surface area contributed by atoms with Gasteiger partial charge in [-0.3, -0.25) is 20.0 Å². The smallest absolute Gasteiger partial charge is 0.211 e. The Labute approximate surface area is 249 Å². The van der Waals surface area contributed by atoms with Crippen molar-refractivity contribution in [1.29, 1.82) is 5.41 Å². The van der Waals surface area contributed by atoms with Crippen molar-refractivity contribution in [2.75, 3.05) is 37.3 Å². The van der Waals surface area contributed by atoms with Crippen LogP contribution in [0, 0.1) is 12.3 Å². The van der Waals surface area contributed by atoms with Gasteiger partial charge in [-0.25, -0.2) is 8.42 Å². The Kier molecular flexibility index (Phi) is 7.16. The van der Waals surface area contributed by atoms with Crippen LogP contribution in [0.15, 0.2) is 65.8 Å². The quantitative estimate of drug-likeness (QED) is 0.280. The van der Waals surface area contributed by atoms with Crippen molar-refractivity contribution in [3.05, 3.63) is 82.6 Å². The second-order valence-electron chi connectivity index (χ2n) is 10.7. The van der Waals surface area contributed by atoms with Gasteiger partial charge < -0.3 is 9.47 Å². The Morgan fingerprint density at radius 1 is 1.00 bits per heavy atom. The number of nitrogens with zero attached hydrogens (tertiary/aromatic N) is 6. The summed E-state index contributed by atoms with van der Waals surface area (Å²) in [5, 5.41) is 10.8. The van der Waals surface area contributed by atoms with E-state index in [2.05, 4.69) is 40.9 Å². The molecule has 0 aliphatic carbocycles. The molecule has 3 heterocycles. The molecule has 0 amide bonds. The summed E-state index contributed by atoms with van der Waals surface area (Å²) in [6.07, 6.45) is 3.08. The molecule has 0 atom stereocenters. The van der Waals surface area contributed by atoms with Crippen molar-refractivity contribution >= 4 is 56.0 Å². The molecule has 11 heteroatoms. The topological polar surface area (TPSA) is 99.6 Å². The highest BCUT2D eigenvalue weighted by molar-refractivity contribution is 7.88. The van der Waals surface area contributed by atoms with E-state index in [0.717, 1.165) is 55.6 Å². The fourth-order valence-corrected chi connectivity index (χ4v) is 6.80. The van der Waals surface area contributed by atoms with Crippen molar-refractivity contribution in [1.82, 2.24) is 18.4 Å². The van der Waals surface area contributed by atoms with Gasteiger partial charge >= 0.3 is 0 Å². The largest absolute Gasteiger partial charge is 0.369 e. The lowest BCUT2D eigenvalue weighted by molar-refractivity contribution is 0.388. The van der Waals surface area contributed by atoms with Gasteiger partial charge in [0.15, 0.2) is 0 Å². The van der Waals surface area contributed by atoms with E-state index in [1.54, 1.807) is 0 Å². The minimum absolute atomic E-state index is 0.325. The molecule has 6 rings (SSSR count). The highest BCUT2D eigenvalue weighted by atomic mass is 35.5. The van der Waals surface area contributed by atoms with E-state index in [9.17, 15) is 8.42 Å². The van der Waals surface area contributed by atoms with Gasteiger partial charge in [0.05, 0.1) is 41.2 Å². The van der Waals surface area contributed by atoms with E-state index in [1.807, 2.05) is 59.6 Å². The zero-order valence-corrected chi connectivity index (χ0v) is 25.4. The number of hydrogen-bond acceptors (Lipinski definition) is 6. The third-order valence-electron chi connectivity index (χ3n) is 8.08.